The Kier molecular flexibility index (Phi) is 3.87. The summed E-state index contributed by atoms with van der Waals surface area (Å²) in [6.45, 7) is 4.17. The first-order valence-electron chi connectivity index (χ1n) is 5.48. The van der Waals surface area contributed by atoms with Crippen LogP contribution in [0.15, 0.2) is 21.4 Å². The van der Waals surface area contributed by atoms with Gasteiger partial charge in [0.15, 0.2) is 11.0 Å². The van der Waals surface area contributed by atoms with Crippen LogP contribution < -0.4 is 5.56 Å². The number of halogens is 2. The first-order valence-corrected chi connectivity index (χ1v) is 6.65. The first kappa shape index (κ1) is 13.3. The van der Waals surface area contributed by atoms with Gasteiger partial charge in [0, 0.05) is 0 Å². The molecule has 2 heterocycles. The minimum absolute atomic E-state index is 0.178. The highest BCUT2D eigenvalue weighted by Gasteiger charge is 2.14. The van der Waals surface area contributed by atoms with Crippen LogP contribution in [-0.2, 0) is 6.42 Å². The number of nitrogens with zero attached hydrogens (tertiary/aromatic N) is 3. The van der Waals surface area contributed by atoms with E-state index >= 15 is 0 Å². The topological polar surface area (TPSA) is 63.6 Å². The van der Waals surface area contributed by atoms with Crippen molar-refractivity contribution in [2.24, 2.45) is 5.92 Å². The molecular weight excluding hydrogens is 320 g/mol. The molecule has 0 aromatic carbocycles. The highest BCUT2D eigenvalue weighted by Crippen LogP contribution is 2.15. The van der Waals surface area contributed by atoms with E-state index in [9.17, 15) is 4.79 Å². The van der Waals surface area contributed by atoms with Gasteiger partial charge in [0.1, 0.15) is 4.47 Å². The summed E-state index contributed by atoms with van der Waals surface area (Å²) in [4.78, 5) is 12.0. The summed E-state index contributed by atoms with van der Waals surface area (Å²) < 4.78 is 1.89. The van der Waals surface area contributed by atoms with Crippen LogP contribution in [0.4, 0.5) is 0 Å². The van der Waals surface area contributed by atoms with Gasteiger partial charge in [0.05, 0.1) is 5.69 Å². The zero-order valence-corrected chi connectivity index (χ0v) is 12.3. The molecule has 0 saturated carbocycles. The van der Waals surface area contributed by atoms with E-state index in [-0.39, 0.29) is 5.56 Å². The lowest BCUT2D eigenvalue weighted by Gasteiger charge is -2.02. The third-order valence-corrected chi connectivity index (χ3v) is 3.38. The fraction of sp³-hybridized carbons (Fsp3) is 0.364. The molecule has 0 aliphatic carbocycles. The second-order valence-corrected chi connectivity index (χ2v) is 5.54. The summed E-state index contributed by atoms with van der Waals surface area (Å²) in [7, 11) is 0. The van der Waals surface area contributed by atoms with Crippen molar-refractivity contribution < 1.29 is 0 Å². The molecular formula is C11H12BrClN4O. The average Bonchev–Trinajstić information content (AvgIpc) is 2.58. The Labute approximate surface area is 117 Å². The number of rotatable bonds is 3. The van der Waals surface area contributed by atoms with Crippen molar-refractivity contribution >= 4 is 27.5 Å². The monoisotopic (exact) mass is 330 g/mol. The van der Waals surface area contributed by atoms with Crippen molar-refractivity contribution in [3.63, 3.8) is 0 Å². The average molecular weight is 332 g/mol. The summed E-state index contributed by atoms with van der Waals surface area (Å²) >= 11 is 8.97. The molecule has 0 aliphatic heterocycles. The second-order valence-electron chi connectivity index (χ2n) is 4.36. The van der Waals surface area contributed by atoms with Crippen molar-refractivity contribution in [2.45, 2.75) is 20.3 Å². The molecule has 96 valence electrons. The molecule has 7 heteroatoms. The van der Waals surface area contributed by atoms with Crippen LogP contribution in [-0.4, -0.2) is 20.0 Å². The van der Waals surface area contributed by atoms with Crippen LogP contribution in [0, 0.1) is 5.92 Å². The van der Waals surface area contributed by atoms with Gasteiger partial charge in [-0.15, -0.1) is 10.2 Å². The summed E-state index contributed by atoms with van der Waals surface area (Å²) in [5.41, 5.74) is 0.675. The van der Waals surface area contributed by atoms with E-state index in [1.807, 2.05) is 0 Å². The van der Waals surface area contributed by atoms with Crippen molar-refractivity contribution in [2.75, 3.05) is 0 Å². The highest BCUT2D eigenvalue weighted by atomic mass is 79.9. The Morgan fingerprint density at radius 3 is 2.72 bits per heavy atom. The van der Waals surface area contributed by atoms with E-state index in [0.717, 1.165) is 12.1 Å². The molecule has 0 unspecified atom stereocenters. The van der Waals surface area contributed by atoms with E-state index in [0.29, 0.717) is 21.4 Å². The van der Waals surface area contributed by atoms with Crippen molar-refractivity contribution in [3.05, 3.63) is 37.8 Å². The van der Waals surface area contributed by atoms with E-state index in [1.54, 1.807) is 12.1 Å². The number of aromatic nitrogens is 4. The summed E-state index contributed by atoms with van der Waals surface area (Å²) in [6.07, 6.45) is 0.782. The Morgan fingerprint density at radius 1 is 1.44 bits per heavy atom. The Morgan fingerprint density at radius 2 is 2.17 bits per heavy atom. The van der Waals surface area contributed by atoms with Gasteiger partial charge in [0.25, 0.3) is 5.56 Å². The lowest BCUT2D eigenvalue weighted by Crippen LogP contribution is -2.16. The van der Waals surface area contributed by atoms with E-state index in [1.165, 1.54) is 4.68 Å². The fourth-order valence-electron chi connectivity index (χ4n) is 1.60. The molecule has 0 atom stereocenters. The Hall–Kier alpha value is -1.14. The molecule has 1 N–H and O–H groups in total. The number of nitrogens with one attached hydrogen (secondary N) is 1. The molecule has 0 radical (unpaired) electrons. The third kappa shape index (κ3) is 2.64. The molecule has 5 nitrogen and oxygen atoms in total. The molecule has 2 aromatic rings. The highest BCUT2D eigenvalue weighted by molar-refractivity contribution is 9.10. The smallest absolute Gasteiger partial charge is 0.287 e. The molecule has 0 bridgehead atoms. The molecule has 2 aromatic heterocycles. The lowest BCUT2D eigenvalue weighted by atomic mass is 10.1. The largest absolute Gasteiger partial charge is 0.292 e. The van der Waals surface area contributed by atoms with Gasteiger partial charge < -0.3 is 0 Å². The summed E-state index contributed by atoms with van der Waals surface area (Å²) in [6, 6.07) is 3.23. The van der Waals surface area contributed by atoms with Crippen molar-refractivity contribution in [3.8, 4) is 5.82 Å². The van der Waals surface area contributed by atoms with Crippen LogP contribution in [0.3, 0.4) is 0 Å². The molecule has 0 amide bonds. The lowest BCUT2D eigenvalue weighted by molar-refractivity contribution is 0.625. The number of hydrogen-bond acceptors (Lipinski definition) is 3. The Bertz CT molecular complexity index is 602. The predicted octanol–water partition coefficient (Wildman–Crippen LogP) is 2.57. The van der Waals surface area contributed by atoms with Gasteiger partial charge in [-0.3, -0.25) is 9.89 Å². The third-order valence-electron chi connectivity index (χ3n) is 2.36. The molecule has 0 spiro atoms. The Balaban J connectivity index is 2.46. The van der Waals surface area contributed by atoms with Gasteiger partial charge in [0.2, 0.25) is 0 Å². The molecule has 18 heavy (non-hydrogen) atoms. The molecule has 0 saturated heterocycles. The maximum absolute atomic E-state index is 12.0. The zero-order chi connectivity index (χ0) is 13.3. The quantitative estimate of drug-likeness (QED) is 0.940. The standard InChI is InChI=1S/C11H12BrClN4O/c1-6(2)5-7-10(12)11(18)17(16-7)9-4-3-8(13)14-15-9/h3-4,6,16H,5H2,1-2H3. The summed E-state index contributed by atoms with van der Waals surface area (Å²) in [5, 5.41) is 10.9. The van der Waals surface area contributed by atoms with Gasteiger partial charge >= 0.3 is 0 Å². The number of aromatic amines is 1. The molecule has 0 aliphatic rings. The minimum atomic E-state index is -0.178. The minimum Gasteiger partial charge on any atom is -0.292 e. The number of hydrogen-bond donors (Lipinski definition) is 1. The SMILES string of the molecule is CC(C)Cc1[nH]n(-c2ccc(Cl)nn2)c(=O)c1Br. The van der Waals surface area contributed by atoms with Gasteiger partial charge in [-0.05, 0) is 40.4 Å². The zero-order valence-electron chi connectivity index (χ0n) is 9.94. The van der Waals surface area contributed by atoms with Gasteiger partial charge in [-0.2, -0.15) is 4.68 Å². The predicted molar refractivity (Wildman–Crippen MR) is 73.2 cm³/mol. The van der Waals surface area contributed by atoms with Crippen LogP contribution in [0.1, 0.15) is 19.5 Å². The number of H-pyrrole nitrogens is 1. The van der Waals surface area contributed by atoms with Crippen LogP contribution in [0.5, 0.6) is 0 Å². The van der Waals surface area contributed by atoms with E-state index in [4.69, 9.17) is 11.6 Å². The maximum Gasteiger partial charge on any atom is 0.287 e. The van der Waals surface area contributed by atoms with Crippen LogP contribution in [0.2, 0.25) is 5.15 Å². The van der Waals surface area contributed by atoms with E-state index in [2.05, 4.69) is 45.1 Å². The van der Waals surface area contributed by atoms with E-state index < -0.39 is 0 Å². The second kappa shape index (κ2) is 5.24. The maximum atomic E-state index is 12.0. The van der Waals surface area contributed by atoms with Gasteiger partial charge in [-0.1, -0.05) is 25.4 Å². The molecule has 2 rings (SSSR count). The fourth-order valence-corrected chi connectivity index (χ4v) is 2.12. The molecule has 0 fully saturated rings. The van der Waals surface area contributed by atoms with Crippen LogP contribution in [0.25, 0.3) is 5.82 Å². The normalized spacial score (nSPS) is 11.2. The summed E-state index contributed by atoms with van der Waals surface area (Å²) in [5.74, 6) is 0.865. The van der Waals surface area contributed by atoms with Crippen molar-refractivity contribution in [1.82, 2.24) is 20.0 Å². The van der Waals surface area contributed by atoms with Gasteiger partial charge in [-0.25, -0.2) is 0 Å². The van der Waals surface area contributed by atoms with Crippen molar-refractivity contribution in [1.29, 1.82) is 0 Å². The van der Waals surface area contributed by atoms with Crippen LogP contribution >= 0.6 is 27.5 Å². The first-order chi connectivity index (χ1) is 8.49.